The summed E-state index contributed by atoms with van der Waals surface area (Å²) >= 11 is 0. The number of ketones is 2. The van der Waals surface area contributed by atoms with Crippen LogP contribution >= 0.6 is 0 Å². The molecular weight excluding hydrogens is 252 g/mol. The van der Waals surface area contributed by atoms with Crippen molar-refractivity contribution in [1.29, 1.82) is 0 Å². The molecule has 9 heteroatoms. The summed E-state index contributed by atoms with van der Waals surface area (Å²) in [6.45, 7) is -1.16. The molecule has 0 saturated heterocycles. The van der Waals surface area contributed by atoms with Gasteiger partial charge in [0, 0.05) is 7.11 Å². The Morgan fingerprint density at radius 2 is 1.61 bits per heavy atom. The van der Waals surface area contributed by atoms with Gasteiger partial charge in [0.25, 0.3) is 0 Å². The molecule has 9 nitrogen and oxygen atoms in total. The third-order valence-corrected chi connectivity index (χ3v) is 2.18. The van der Waals surface area contributed by atoms with Gasteiger partial charge in [0.2, 0.25) is 11.6 Å². The molecule has 0 amide bonds. The van der Waals surface area contributed by atoms with E-state index in [1.54, 1.807) is 0 Å². The molecule has 0 aliphatic carbocycles. The summed E-state index contributed by atoms with van der Waals surface area (Å²) in [5.41, 5.74) is 0. The van der Waals surface area contributed by atoms with E-state index in [-0.39, 0.29) is 0 Å². The second-order valence-electron chi connectivity index (χ2n) is 3.36. The highest BCUT2D eigenvalue weighted by Crippen LogP contribution is 2.10. The van der Waals surface area contributed by atoms with Gasteiger partial charge in [0.1, 0.15) is 24.9 Å². The summed E-state index contributed by atoms with van der Waals surface area (Å²) in [6.07, 6.45) is -8.45. The highest BCUT2D eigenvalue weighted by molar-refractivity contribution is 6.39. The van der Waals surface area contributed by atoms with Crippen LogP contribution in [-0.4, -0.2) is 81.2 Å². The molecule has 0 aromatic rings. The van der Waals surface area contributed by atoms with E-state index < -0.39 is 48.6 Å². The first kappa shape index (κ1) is 16.6. The Morgan fingerprint density at radius 1 is 1.11 bits per heavy atom. The molecule has 0 bridgehead atoms. The maximum absolute atomic E-state index is 11.1. The number of aliphatic carboxylic acids is 1. The first-order valence-corrected chi connectivity index (χ1v) is 4.75. The number of aliphatic hydroxyl groups excluding tert-OH is 4. The van der Waals surface area contributed by atoms with Gasteiger partial charge in [-0.25, -0.2) is 4.79 Å². The summed E-state index contributed by atoms with van der Waals surface area (Å²) in [5, 5.41) is 44.8. The number of carbonyl (C=O) groups excluding carboxylic acids is 2. The van der Waals surface area contributed by atoms with Crippen molar-refractivity contribution >= 4 is 17.5 Å². The topological polar surface area (TPSA) is 162 Å². The molecule has 104 valence electrons. The number of carboxylic acids is 1. The zero-order valence-corrected chi connectivity index (χ0v) is 9.39. The second-order valence-corrected chi connectivity index (χ2v) is 3.36. The van der Waals surface area contributed by atoms with Crippen molar-refractivity contribution in [2.24, 2.45) is 0 Å². The predicted octanol–water partition coefficient (Wildman–Crippen LogP) is -3.70. The van der Waals surface area contributed by atoms with E-state index >= 15 is 0 Å². The van der Waals surface area contributed by atoms with Gasteiger partial charge >= 0.3 is 5.97 Å². The smallest absolute Gasteiger partial charge is 0.335 e. The molecule has 0 fully saturated rings. The minimum Gasteiger partial charge on any atom is -0.479 e. The van der Waals surface area contributed by atoms with Gasteiger partial charge < -0.3 is 30.3 Å². The zero-order valence-electron chi connectivity index (χ0n) is 9.39. The minimum absolute atomic E-state index is 0.936. The Kier molecular flexibility index (Phi) is 6.58. The lowest BCUT2D eigenvalue weighted by Gasteiger charge is -2.26. The maximum Gasteiger partial charge on any atom is 0.335 e. The van der Waals surface area contributed by atoms with Crippen molar-refractivity contribution in [3.05, 3.63) is 0 Å². The lowest BCUT2D eigenvalue weighted by molar-refractivity contribution is -0.170. The normalized spacial score (nSPS) is 17.6. The van der Waals surface area contributed by atoms with Gasteiger partial charge in [0.15, 0.2) is 6.10 Å². The first-order valence-electron chi connectivity index (χ1n) is 4.75. The summed E-state index contributed by atoms with van der Waals surface area (Å²) in [7, 11) is 0.936. The van der Waals surface area contributed by atoms with Crippen molar-refractivity contribution in [1.82, 2.24) is 0 Å². The number of carboxylic acid groups (broad SMARTS) is 1. The largest absolute Gasteiger partial charge is 0.479 e. The molecule has 18 heavy (non-hydrogen) atoms. The molecule has 0 aromatic carbocycles. The lowest BCUT2D eigenvalue weighted by Crippen LogP contribution is -2.52. The van der Waals surface area contributed by atoms with Crippen LogP contribution in [0.4, 0.5) is 0 Å². The van der Waals surface area contributed by atoms with E-state index in [0.29, 0.717) is 0 Å². The summed E-state index contributed by atoms with van der Waals surface area (Å²) in [4.78, 5) is 32.4. The highest BCUT2D eigenvalue weighted by atomic mass is 16.5. The summed E-state index contributed by atoms with van der Waals surface area (Å²) < 4.78 is 4.45. The van der Waals surface area contributed by atoms with Crippen LogP contribution in [0.25, 0.3) is 0 Å². The number of methoxy groups -OCH3 is 1. The SMILES string of the molecule is COC(C(O)C(=O)O)C(O)C(O)C(=O)C(=O)CO. The van der Waals surface area contributed by atoms with E-state index in [0.717, 1.165) is 7.11 Å². The number of Topliss-reactive ketones (excluding diaryl/α,β-unsaturated/α-hetero) is 2. The van der Waals surface area contributed by atoms with E-state index in [9.17, 15) is 24.6 Å². The molecule has 5 N–H and O–H groups in total. The maximum atomic E-state index is 11.1. The number of hydrogen-bond donors (Lipinski definition) is 5. The van der Waals surface area contributed by atoms with Crippen LogP contribution in [0, 0.1) is 0 Å². The quantitative estimate of drug-likeness (QED) is 0.278. The van der Waals surface area contributed by atoms with Gasteiger partial charge in [-0.1, -0.05) is 0 Å². The fourth-order valence-corrected chi connectivity index (χ4v) is 1.17. The number of aliphatic hydroxyl groups is 4. The minimum atomic E-state index is -2.30. The lowest BCUT2D eigenvalue weighted by atomic mass is 9.98. The van der Waals surface area contributed by atoms with E-state index in [1.165, 1.54) is 0 Å². The average Bonchev–Trinajstić information content (AvgIpc) is 2.36. The van der Waals surface area contributed by atoms with Crippen LogP contribution in [0.2, 0.25) is 0 Å². The second kappa shape index (κ2) is 7.13. The standard InChI is InChI=1S/C9H14O9/c1-18-8(7(15)9(16)17)6(14)5(13)4(12)3(11)2-10/h5-8,10,13-15H,2H2,1H3,(H,16,17). The van der Waals surface area contributed by atoms with E-state index in [4.69, 9.17) is 15.3 Å². The molecule has 0 aliphatic heterocycles. The summed E-state index contributed by atoms with van der Waals surface area (Å²) in [5.74, 6) is -4.61. The van der Waals surface area contributed by atoms with Gasteiger partial charge in [-0.2, -0.15) is 0 Å². The van der Waals surface area contributed by atoms with Crippen LogP contribution in [-0.2, 0) is 19.1 Å². The molecule has 0 aliphatic rings. The molecule has 0 saturated carbocycles. The fraction of sp³-hybridized carbons (Fsp3) is 0.667. The number of hydrogen-bond acceptors (Lipinski definition) is 8. The Labute approximate surface area is 101 Å². The third kappa shape index (κ3) is 3.82. The Bertz CT molecular complexity index is 326. The van der Waals surface area contributed by atoms with Crippen LogP contribution < -0.4 is 0 Å². The monoisotopic (exact) mass is 266 g/mol. The number of carbonyl (C=O) groups is 3. The van der Waals surface area contributed by atoms with Crippen molar-refractivity contribution in [2.45, 2.75) is 24.4 Å². The van der Waals surface area contributed by atoms with Crippen LogP contribution in [0.5, 0.6) is 0 Å². The van der Waals surface area contributed by atoms with Crippen LogP contribution in [0.3, 0.4) is 0 Å². The van der Waals surface area contributed by atoms with Crippen molar-refractivity contribution < 1.29 is 44.7 Å². The highest BCUT2D eigenvalue weighted by Gasteiger charge is 2.40. The molecule has 0 rings (SSSR count). The van der Waals surface area contributed by atoms with Crippen molar-refractivity contribution in [3.8, 4) is 0 Å². The summed E-state index contributed by atoms with van der Waals surface area (Å²) in [6, 6.07) is 0. The Hall–Kier alpha value is -1.39. The van der Waals surface area contributed by atoms with Gasteiger partial charge in [0.05, 0.1) is 0 Å². The number of ether oxygens (including phenoxy) is 1. The van der Waals surface area contributed by atoms with Crippen molar-refractivity contribution in [3.63, 3.8) is 0 Å². The van der Waals surface area contributed by atoms with Crippen molar-refractivity contribution in [2.75, 3.05) is 13.7 Å². The van der Waals surface area contributed by atoms with Gasteiger partial charge in [-0.05, 0) is 0 Å². The molecule has 0 heterocycles. The third-order valence-electron chi connectivity index (χ3n) is 2.18. The zero-order chi connectivity index (χ0) is 14.5. The first-order chi connectivity index (χ1) is 8.27. The number of rotatable bonds is 8. The molecule has 0 radical (unpaired) electrons. The Morgan fingerprint density at radius 3 is 1.94 bits per heavy atom. The van der Waals surface area contributed by atoms with E-state index in [1.807, 2.05) is 0 Å². The molecule has 0 spiro atoms. The molecular formula is C9H14O9. The predicted molar refractivity (Wildman–Crippen MR) is 53.6 cm³/mol. The van der Waals surface area contributed by atoms with Crippen LogP contribution in [0.1, 0.15) is 0 Å². The fourth-order valence-electron chi connectivity index (χ4n) is 1.17. The molecule has 4 atom stereocenters. The average molecular weight is 266 g/mol. The van der Waals surface area contributed by atoms with E-state index in [2.05, 4.69) is 4.74 Å². The molecule has 0 aromatic heterocycles. The molecule has 4 unspecified atom stereocenters. The van der Waals surface area contributed by atoms with Crippen LogP contribution in [0.15, 0.2) is 0 Å². The van der Waals surface area contributed by atoms with Gasteiger partial charge in [-0.15, -0.1) is 0 Å². The van der Waals surface area contributed by atoms with Gasteiger partial charge in [-0.3, -0.25) is 9.59 Å². The Balaban J connectivity index is 4.89.